The second-order valence-electron chi connectivity index (χ2n) is 4.78. The van der Waals surface area contributed by atoms with Gasteiger partial charge in [-0.1, -0.05) is 36.4 Å². The summed E-state index contributed by atoms with van der Waals surface area (Å²) in [6.45, 7) is 0. The number of hydrogen-bond acceptors (Lipinski definition) is 3. The molecule has 0 N–H and O–H groups in total. The van der Waals surface area contributed by atoms with Crippen molar-refractivity contribution in [3.63, 3.8) is 0 Å². The number of benzene rings is 2. The van der Waals surface area contributed by atoms with E-state index in [4.69, 9.17) is 10.5 Å². The lowest BCUT2D eigenvalue weighted by molar-refractivity contribution is 1.32. The molecule has 0 aliphatic heterocycles. The van der Waals surface area contributed by atoms with Crippen LogP contribution < -0.4 is 0 Å². The molecule has 0 unspecified atom stereocenters. The van der Waals surface area contributed by atoms with Crippen molar-refractivity contribution >= 4 is 0 Å². The van der Waals surface area contributed by atoms with Gasteiger partial charge in [-0.25, -0.2) is 0 Å². The fourth-order valence-electron chi connectivity index (χ4n) is 2.29. The van der Waals surface area contributed by atoms with E-state index in [2.05, 4.69) is 11.1 Å². The molecule has 2 aromatic carbocycles. The molecule has 0 aliphatic carbocycles. The highest BCUT2D eigenvalue weighted by molar-refractivity contribution is 5.71. The second kappa shape index (κ2) is 5.91. The molecule has 22 heavy (non-hydrogen) atoms. The van der Waals surface area contributed by atoms with E-state index in [1.807, 2.05) is 54.6 Å². The molecule has 0 amide bonds. The highest BCUT2D eigenvalue weighted by Gasteiger charge is 2.07. The summed E-state index contributed by atoms with van der Waals surface area (Å²) in [6, 6.07) is 23.2. The van der Waals surface area contributed by atoms with E-state index < -0.39 is 0 Å². The molecule has 0 saturated carbocycles. The molecule has 0 spiro atoms. The van der Waals surface area contributed by atoms with Crippen molar-refractivity contribution in [1.82, 2.24) is 4.98 Å². The Morgan fingerprint density at radius 3 is 2.18 bits per heavy atom. The lowest BCUT2D eigenvalue weighted by Crippen LogP contribution is -1.89. The monoisotopic (exact) mass is 281 g/mol. The van der Waals surface area contributed by atoms with Gasteiger partial charge in [0.2, 0.25) is 0 Å². The molecule has 3 nitrogen and oxygen atoms in total. The standard InChI is InChI=1S/C19H11N3/c20-12-17-7-6-16(10-18(17)13-21)19-11-15(8-9-22-19)14-4-2-1-3-5-14/h1-11H. The van der Waals surface area contributed by atoms with Crippen molar-refractivity contribution in [2.75, 3.05) is 0 Å². The minimum absolute atomic E-state index is 0.368. The number of nitrogens with zero attached hydrogens (tertiary/aromatic N) is 3. The summed E-state index contributed by atoms with van der Waals surface area (Å²) >= 11 is 0. The van der Waals surface area contributed by atoms with Gasteiger partial charge < -0.3 is 0 Å². The maximum absolute atomic E-state index is 9.13. The average molecular weight is 281 g/mol. The minimum atomic E-state index is 0.368. The van der Waals surface area contributed by atoms with E-state index >= 15 is 0 Å². The number of hydrogen-bond donors (Lipinski definition) is 0. The smallest absolute Gasteiger partial charge is 0.101 e. The first kappa shape index (κ1) is 13.5. The van der Waals surface area contributed by atoms with Gasteiger partial charge in [-0.2, -0.15) is 10.5 Å². The summed E-state index contributed by atoms with van der Waals surface area (Å²) in [6.07, 6.45) is 1.75. The van der Waals surface area contributed by atoms with Crippen LogP contribution in [0.2, 0.25) is 0 Å². The van der Waals surface area contributed by atoms with Crippen molar-refractivity contribution in [2.24, 2.45) is 0 Å². The predicted molar refractivity (Wildman–Crippen MR) is 84.5 cm³/mol. The fraction of sp³-hybridized carbons (Fsp3) is 0. The normalized spacial score (nSPS) is 9.73. The molecule has 0 atom stereocenters. The van der Waals surface area contributed by atoms with Crippen LogP contribution in [-0.4, -0.2) is 4.98 Å². The van der Waals surface area contributed by atoms with Gasteiger partial charge >= 0.3 is 0 Å². The van der Waals surface area contributed by atoms with Crippen LogP contribution in [0.1, 0.15) is 11.1 Å². The minimum Gasteiger partial charge on any atom is -0.256 e. The third-order valence-electron chi connectivity index (χ3n) is 3.42. The molecule has 102 valence electrons. The molecule has 0 saturated heterocycles. The van der Waals surface area contributed by atoms with E-state index in [1.54, 1.807) is 18.3 Å². The Morgan fingerprint density at radius 1 is 0.682 bits per heavy atom. The lowest BCUT2D eigenvalue weighted by atomic mass is 10.0. The highest BCUT2D eigenvalue weighted by atomic mass is 14.7. The summed E-state index contributed by atoms with van der Waals surface area (Å²) in [5.74, 6) is 0. The average Bonchev–Trinajstić information content (AvgIpc) is 2.62. The number of nitriles is 2. The largest absolute Gasteiger partial charge is 0.256 e. The maximum Gasteiger partial charge on any atom is 0.101 e. The first-order valence-electron chi connectivity index (χ1n) is 6.78. The predicted octanol–water partition coefficient (Wildman–Crippen LogP) is 4.16. The zero-order chi connectivity index (χ0) is 15.4. The Bertz CT molecular complexity index is 900. The second-order valence-corrected chi connectivity index (χ2v) is 4.78. The van der Waals surface area contributed by atoms with Gasteiger partial charge in [0.15, 0.2) is 0 Å². The van der Waals surface area contributed by atoms with Crippen LogP contribution in [0.25, 0.3) is 22.4 Å². The Labute approximate surface area is 128 Å². The molecule has 0 bridgehead atoms. The lowest BCUT2D eigenvalue weighted by Gasteiger charge is -2.06. The highest BCUT2D eigenvalue weighted by Crippen LogP contribution is 2.25. The van der Waals surface area contributed by atoms with Gasteiger partial charge in [0.1, 0.15) is 12.1 Å². The molecule has 0 fully saturated rings. The topological polar surface area (TPSA) is 60.5 Å². The van der Waals surface area contributed by atoms with Crippen LogP contribution in [0.5, 0.6) is 0 Å². The van der Waals surface area contributed by atoms with E-state index in [-0.39, 0.29) is 0 Å². The summed E-state index contributed by atoms with van der Waals surface area (Å²) in [5.41, 5.74) is 4.53. The van der Waals surface area contributed by atoms with Crippen molar-refractivity contribution in [2.45, 2.75) is 0 Å². The molecule has 3 heteroatoms. The molecule has 1 aromatic heterocycles. The first-order chi connectivity index (χ1) is 10.8. The van der Waals surface area contributed by atoms with Crippen LogP contribution in [-0.2, 0) is 0 Å². The van der Waals surface area contributed by atoms with Crippen LogP contribution in [0.15, 0.2) is 66.9 Å². The van der Waals surface area contributed by atoms with Gasteiger partial charge in [-0.05, 0) is 35.4 Å². The van der Waals surface area contributed by atoms with Gasteiger partial charge in [0.25, 0.3) is 0 Å². The third kappa shape index (κ3) is 2.57. The fourth-order valence-corrected chi connectivity index (χ4v) is 2.29. The molecule has 3 aromatic rings. The Kier molecular flexibility index (Phi) is 3.64. The molecule has 1 heterocycles. The van der Waals surface area contributed by atoms with Crippen LogP contribution in [0.4, 0.5) is 0 Å². The number of aromatic nitrogens is 1. The van der Waals surface area contributed by atoms with E-state index in [0.29, 0.717) is 11.1 Å². The quantitative estimate of drug-likeness (QED) is 0.708. The number of pyridine rings is 1. The maximum atomic E-state index is 9.13. The van der Waals surface area contributed by atoms with E-state index in [9.17, 15) is 0 Å². The van der Waals surface area contributed by atoms with Crippen molar-refractivity contribution < 1.29 is 0 Å². The van der Waals surface area contributed by atoms with Crippen LogP contribution in [0.3, 0.4) is 0 Å². The molecule has 3 rings (SSSR count). The van der Waals surface area contributed by atoms with Crippen LogP contribution >= 0.6 is 0 Å². The SMILES string of the molecule is N#Cc1ccc(-c2cc(-c3ccccc3)ccn2)cc1C#N. The van der Waals surface area contributed by atoms with Crippen molar-refractivity contribution in [3.05, 3.63) is 78.0 Å². The summed E-state index contributed by atoms with van der Waals surface area (Å²) in [7, 11) is 0. The van der Waals surface area contributed by atoms with Gasteiger partial charge in [0, 0.05) is 11.8 Å². The molecular formula is C19H11N3. The zero-order valence-corrected chi connectivity index (χ0v) is 11.7. The van der Waals surface area contributed by atoms with E-state index in [0.717, 1.165) is 22.4 Å². The van der Waals surface area contributed by atoms with Crippen LogP contribution in [0, 0.1) is 22.7 Å². The van der Waals surface area contributed by atoms with Gasteiger partial charge in [-0.15, -0.1) is 0 Å². The molecular weight excluding hydrogens is 270 g/mol. The number of rotatable bonds is 2. The molecule has 0 radical (unpaired) electrons. The summed E-state index contributed by atoms with van der Waals surface area (Å²) in [4.78, 5) is 4.37. The van der Waals surface area contributed by atoms with Gasteiger partial charge in [-0.3, -0.25) is 4.98 Å². The van der Waals surface area contributed by atoms with Crippen molar-refractivity contribution in [3.8, 4) is 34.5 Å². The first-order valence-corrected chi connectivity index (χ1v) is 6.78. The summed E-state index contributed by atoms with van der Waals surface area (Å²) in [5, 5.41) is 18.1. The summed E-state index contributed by atoms with van der Waals surface area (Å²) < 4.78 is 0. The Hall–Kier alpha value is -3.43. The molecule has 0 aliphatic rings. The van der Waals surface area contributed by atoms with E-state index in [1.165, 1.54) is 0 Å². The van der Waals surface area contributed by atoms with Gasteiger partial charge in [0.05, 0.1) is 16.8 Å². The Morgan fingerprint density at radius 2 is 1.45 bits per heavy atom. The Balaban J connectivity index is 2.07. The third-order valence-corrected chi connectivity index (χ3v) is 3.42. The zero-order valence-electron chi connectivity index (χ0n) is 11.7. The van der Waals surface area contributed by atoms with Crippen molar-refractivity contribution in [1.29, 1.82) is 10.5 Å².